The Labute approximate surface area is 191 Å². The molecule has 1 aromatic carbocycles. The molecule has 30 heavy (non-hydrogen) atoms. The minimum atomic E-state index is -0.110. The Hall–Kier alpha value is -1.60. The van der Waals surface area contributed by atoms with Crippen LogP contribution in [-0.4, -0.2) is 41.0 Å². The molecule has 6 nitrogen and oxygen atoms in total. The lowest BCUT2D eigenvalue weighted by atomic mass is 10.1. The summed E-state index contributed by atoms with van der Waals surface area (Å²) in [5.41, 5.74) is 2.54. The Morgan fingerprint density at radius 3 is 2.60 bits per heavy atom. The number of anilines is 1. The lowest BCUT2D eigenvalue weighted by Gasteiger charge is -2.23. The second-order valence-corrected chi connectivity index (χ2v) is 8.93. The molecular weight excluding hydrogens is 423 g/mol. The number of rotatable bonds is 5. The number of nitrogens with one attached hydrogen (secondary N) is 2. The van der Waals surface area contributed by atoms with Gasteiger partial charge in [0.1, 0.15) is 0 Å². The predicted octanol–water partition coefficient (Wildman–Crippen LogP) is 4.36. The van der Waals surface area contributed by atoms with Crippen molar-refractivity contribution in [2.45, 2.75) is 63.6 Å². The van der Waals surface area contributed by atoms with Gasteiger partial charge >= 0.3 is 0 Å². The van der Waals surface area contributed by atoms with E-state index >= 15 is 0 Å². The molecule has 2 aromatic rings. The number of benzene rings is 1. The van der Waals surface area contributed by atoms with Crippen molar-refractivity contribution in [3.8, 4) is 0 Å². The van der Waals surface area contributed by atoms with Crippen LogP contribution in [0.25, 0.3) is 0 Å². The fourth-order valence-corrected chi connectivity index (χ4v) is 3.78. The van der Waals surface area contributed by atoms with Crippen molar-refractivity contribution < 1.29 is 9.53 Å². The fourth-order valence-electron chi connectivity index (χ4n) is 3.78. The first-order valence-corrected chi connectivity index (χ1v) is 10.2. The summed E-state index contributed by atoms with van der Waals surface area (Å²) in [5, 5.41) is 11.1. The molecule has 4 rings (SSSR count). The zero-order valence-electron chi connectivity index (χ0n) is 17.8. The van der Waals surface area contributed by atoms with Crippen LogP contribution in [0.1, 0.15) is 61.9 Å². The molecular formula is C22H32Cl2N4O2. The van der Waals surface area contributed by atoms with Crippen LogP contribution in [-0.2, 0) is 10.3 Å². The topological polar surface area (TPSA) is 68.2 Å². The Morgan fingerprint density at radius 1 is 1.20 bits per heavy atom. The van der Waals surface area contributed by atoms with Gasteiger partial charge < -0.3 is 15.4 Å². The average Bonchev–Trinajstić information content (AvgIpc) is 3.26. The summed E-state index contributed by atoms with van der Waals surface area (Å²) in [5.74, 6) is 0.407. The number of nitrogens with zero attached hydrogens (tertiary/aromatic N) is 2. The standard InChI is InChI=1S/C22H30N4O2.2ClH/c1-22(2,3)26-14-18(13-23-26)25-21(27)16-6-4-5-15(11-16)19-12-20(19)24-17-7-9-28-10-8-17;;/h4-6,11,13-14,17,19-20,24H,7-10,12H2,1-3H3,(H,25,27);2*1H/t19-,20+;;/m0../s1. The van der Waals surface area contributed by atoms with E-state index in [4.69, 9.17) is 4.74 Å². The van der Waals surface area contributed by atoms with Crippen LogP contribution >= 0.6 is 24.8 Å². The van der Waals surface area contributed by atoms with Gasteiger partial charge in [-0.2, -0.15) is 5.10 Å². The van der Waals surface area contributed by atoms with Crippen LogP contribution in [0.15, 0.2) is 36.7 Å². The highest BCUT2D eigenvalue weighted by Crippen LogP contribution is 2.41. The molecule has 1 saturated heterocycles. The van der Waals surface area contributed by atoms with E-state index in [0.29, 0.717) is 23.6 Å². The quantitative estimate of drug-likeness (QED) is 0.703. The summed E-state index contributed by atoms with van der Waals surface area (Å²) < 4.78 is 7.29. The number of hydrogen-bond acceptors (Lipinski definition) is 4. The molecule has 1 saturated carbocycles. The van der Waals surface area contributed by atoms with E-state index in [1.165, 1.54) is 5.56 Å². The molecule has 0 unspecified atom stereocenters. The second kappa shape index (κ2) is 10.1. The Balaban J connectivity index is 0.00000160. The van der Waals surface area contributed by atoms with Crippen molar-refractivity contribution in [1.82, 2.24) is 15.1 Å². The first kappa shape index (κ1) is 24.7. The average molecular weight is 455 g/mol. The molecule has 8 heteroatoms. The normalized spacial score (nSPS) is 21.3. The number of ether oxygens (including phenoxy) is 1. The van der Waals surface area contributed by atoms with Crippen LogP contribution in [0.2, 0.25) is 0 Å². The fraction of sp³-hybridized carbons (Fsp3) is 0.545. The number of carbonyl (C=O) groups excluding carboxylic acids is 1. The smallest absolute Gasteiger partial charge is 0.255 e. The monoisotopic (exact) mass is 454 g/mol. The highest BCUT2D eigenvalue weighted by molar-refractivity contribution is 6.04. The molecule has 2 atom stereocenters. The van der Waals surface area contributed by atoms with Crippen LogP contribution in [0.3, 0.4) is 0 Å². The molecule has 0 bridgehead atoms. The van der Waals surface area contributed by atoms with Gasteiger partial charge in [-0.3, -0.25) is 9.48 Å². The third-order valence-electron chi connectivity index (χ3n) is 5.57. The van der Waals surface area contributed by atoms with Crippen molar-refractivity contribution in [2.75, 3.05) is 18.5 Å². The molecule has 2 fully saturated rings. The van der Waals surface area contributed by atoms with Crippen LogP contribution in [0.5, 0.6) is 0 Å². The van der Waals surface area contributed by atoms with Crippen molar-refractivity contribution in [3.63, 3.8) is 0 Å². The van der Waals surface area contributed by atoms with Crippen molar-refractivity contribution >= 4 is 36.4 Å². The Kier molecular flexibility index (Phi) is 8.34. The summed E-state index contributed by atoms with van der Waals surface area (Å²) in [6.07, 6.45) is 6.89. The summed E-state index contributed by atoms with van der Waals surface area (Å²) in [6.45, 7) is 7.95. The molecule has 2 aliphatic rings. The van der Waals surface area contributed by atoms with Crippen LogP contribution in [0, 0.1) is 0 Å². The van der Waals surface area contributed by atoms with E-state index < -0.39 is 0 Å². The maximum absolute atomic E-state index is 12.7. The van der Waals surface area contributed by atoms with Crippen LogP contribution < -0.4 is 10.6 Å². The molecule has 1 aromatic heterocycles. The first-order chi connectivity index (χ1) is 13.4. The van der Waals surface area contributed by atoms with Gasteiger partial charge in [-0.05, 0) is 57.7 Å². The summed E-state index contributed by atoms with van der Waals surface area (Å²) in [7, 11) is 0. The molecule has 2 N–H and O–H groups in total. The second-order valence-electron chi connectivity index (χ2n) is 8.93. The lowest BCUT2D eigenvalue weighted by molar-refractivity contribution is 0.0774. The molecule has 1 aliphatic carbocycles. The Morgan fingerprint density at radius 2 is 1.93 bits per heavy atom. The van der Waals surface area contributed by atoms with Gasteiger partial charge in [-0.15, -0.1) is 24.8 Å². The summed E-state index contributed by atoms with van der Waals surface area (Å²) in [6, 6.07) is 9.09. The minimum Gasteiger partial charge on any atom is -0.381 e. The zero-order chi connectivity index (χ0) is 19.7. The molecule has 1 amide bonds. The van der Waals surface area contributed by atoms with Gasteiger partial charge in [0.05, 0.1) is 17.4 Å². The highest BCUT2D eigenvalue weighted by atomic mass is 35.5. The summed E-state index contributed by atoms with van der Waals surface area (Å²) in [4.78, 5) is 12.7. The van der Waals surface area contributed by atoms with E-state index in [2.05, 4.69) is 42.6 Å². The van der Waals surface area contributed by atoms with E-state index in [-0.39, 0.29) is 36.3 Å². The van der Waals surface area contributed by atoms with Crippen molar-refractivity contribution in [2.24, 2.45) is 0 Å². The van der Waals surface area contributed by atoms with Crippen molar-refractivity contribution in [3.05, 3.63) is 47.8 Å². The lowest BCUT2D eigenvalue weighted by Crippen LogP contribution is -2.36. The number of carbonyl (C=O) groups is 1. The van der Waals surface area contributed by atoms with E-state index in [9.17, 15) is 4.79 Å². The number of hydrogen-bond donors (Lipinski definition) is 2. The van der Waals surface area contributed by atoms with Crippen LogP contribution in [0.4, 0.5) is 5.69 Å². The Bertz CT molecular complexity index is 844. The maximum Gasteiger partial charge on any atom is 0.255 e. The van der Waals surface area contributed by atoms with E-state index in [1.54, 1.807) is 6.20 Å². The van der Waals surface area contributed by atoms with Gasteiger partial charge in [-0.25, -0.2) is 0 Å². The molecule has 166 valence electrons. The predicted molar refractivity (Wildman–Crippen MR) is 124 cm³/mol. The third-order valence-corrected chi connectivity index (χ3v) is 5.57. The molecule has 2 heterocycles. The third kappa shape index (κ3) is 5.97. The van der Waals surface area contributed by atoms with Gasteiger partial charge in [0, 0.05) is 43.0 Å². The molecule has 1 aliphatic heterocycles. The minimum absolute atomic E-state index is 0. The first-order valence-electron chi connectivity index (χ1n) is 10.2. The van der Waals surface area contributed by atoms with Gasteiger partial charge in [0.15, 0.2) is 0 Å². The van der Waals surface area contributed by atoms with Gasteiger partial charge in [0.25, 0.3) is 5.91 Å². The zero-order valence-corrected chi connectivity index (χ0v) is 19.4. The largest absolute Gasteiger partial charge is 0.381 e. The molecule has 0 radical (unpaired) electrons. The number of halogens is 2. The highest BCUT2D eigenvalue weighted by Gasteiger charge is 2.39. The van der Waals surface area contributed by atoms with E-state index in [1.807, 2.05) is 29.1 Å². The van der Waals surface area contributed by atoms with Crippen molar-refractivity contribution in [1.29, 1.82) is 0 Å². The van der Waals surface area contributed by atoms with Gasteiger partial charge in [-0.1, -0.05) is 12.1 Å². The van der Waals surface area contributed by atoms with Gasteiger partial charge in [0.2, 0.25) is 0 Å². The number of amides is 1. The maximum atomic E-state index is 12.7. The number of aromatic nitrogens is 2. The van der Waals surface area contributed by atoms with E-state index in [0.717, 1.165) is 38.2 Å². The molecule has 0 spiro atoms. The SMILES string of the molecule is CC(C)(C)n1cc(NC(=O)c2cccc([C@@H]3C[C@H]3NC3CCOCC3)c2)cn1.Cl.Cl. The summed E-state index contributed by atoms with van der Waals surface area (Å²) >= 11 is 0.